The third-order valence-electron chi connectivity index (χ3n) is 2.77. The van der Waals surface area contributed by atoms with Gasteiger partial charge in [-0.15, -0.1) is 0 Å². The summed E-state index contributed by atoms with van der Waals surface area (Å²) in [4.78, 5) is 0. The molecule has 0 spiro atoms. The van der Waals surface area contributed by atoms with Gasteiger partial charge in [0.05, 0.1) is 0 Å². The van der Waals surface area contributed by atoms with Crippen molar-refractivity contribution in [2.45, 2.75) is 13.5 Å². The lowest BCUT2D eigenvalue weighted by atomic mass is 10.1. The van der Waals surface area contributed by atoms with Crippen LogP contribution in [0, 0.1) is 24.4 Å². The summed E-state index contributed by atoms with van der Waals surface area (Å²) in [6.45, 7) is 1.96. The van der Waals surface area contributed by atoms with Gasteiger partial charge in [-0.05, 0) is 42.3 Å². The molecule has 0 bridgehead atoms. The minimum absolute atomic E-state index is 0.152. The second-order valence-corrected chi connectivity index (χ2v) is 5.08. The molecule has 0 saturated carbocycles. The van der Waals surface area contributed by atoms with Crippen molar-refractivity contribution in [1.29, 1.82) is 0 Å². The maximum Gasteiger partial charge on any atom is 0.150 e. The van der Waals surface area contributed by atoms with Crippen molar-refractivity contribution < 1.29 is 13.2 Å². The molecule has 0 aliphatic carbocycles. The maximum absolute atomic E-state index is 13.6. The molecule has 0 radical (unpaired) electrons. The maximum atomic E-state index is 13.6. The minimum atomic E-state index is -0.694. The number of halogens is 4. The normalized spacial score (nSPS) is 10.6. The fourth-order valence-electron chi connectivity index (χ4n) is 1.73. The highest BCUT2D eigenvalue weighted by atomic mass is 79.9. The molecule has 2 rings (SSSR count). The first-order valence-corrected chi connectivity index (χ1v) is 6.40. The summed E-state index contributed by atoms with van der Waals surface area (Å²) < 4.78 is 40.6. The van der Waals surface area contributed by atoms with Crippen LogP contribution in [-0.4, -0.2) is 0 Å². The first-order valence-electron chi connectivity index (χ1n) is 5.61. The molecule has 0 amide bonds. The van der Waals surface area contributed by atoms with Crippen LogP contribution in [0.2, 0.25) is 0 Å². The standard InChI is InChI=1S/C14H11BrF3N/c1-8-2-3-11(16)4-9(8)7-19-14-12(17)5-10(15)6-13(14)18/h2-6,19H,7H2,1H3. The van der Waals surface area contributed by atoms with Crippen molar-refractivity contribution in [3.63, 3.8) is 0 Å². The van der Waals surface area contributed by atoms with Crippen molar-refractivity contribution in [2.75, 3.05) is 5.32 Å². The quantitative estimate of drug-likeness (QED) is 0.853. The third-order valence-corrected chi connectivity index (χ3v) is 3.23. The Balaban J connectivity index is 2.21. The molecular formula is C14H11BrF3N. The van der Waals surface area contributed by atoms with E-state index in [0.717, 1.165) is 5.56 Å². The van der Waals surface area contributed by atoms with Gasteiger partial charge in [-0.3, -0.25) is 0 Å². The second kappa shape index (κ2) is 5.65. The van der Waals surface area contributed by atoms with Gasteiger partial charge in [0.2, 0.25) is 0 Å². The Labute approximate surface area is 117 Å². The van der Waals surface area contributed by atoms with E-state index < -0.39 is 11.6 Å². The molecule has 0 aliphatic rings. The van der Waals surface area contributed by atoms with Gasteiger partial charge in [-0.1, -0.05) is 22.0 Å². The van der Waals surface area contributed by atoms with Crippen LogP contribution in [0.5, 0.6) is 0 Å². The molecule has 0 saturated heterocycles. The molecule has 5 heteroatoms. The van der Waals surface area contributed by atoms with Crippen LogP contribution in [0.4, 0.5) is 18.9 Å². The lowest BCUT2D eigenvalue weighted by Gasteiger charge is -2.11. The van der Waals surface area contributed by atoms with E-state index in [4.69, 9.17) is 0 Å². The van der Waals surface area contributed by atoms with Crippen LogP contribution in [-0.2, 0) is 6.54 Å². The Morgan fingerprint density at radius 2 is 1.68 bits per heavy atom. The number of hydrogen-bond donors (Lipinski definition) is 1. The molecule has 0 aliphatic heterocycles. The molecule has 100 valence electrons. The number of benzene rings is 2. The zero-order valence-electron chi connectivity index (χ0n) is 10.1. The minimum Gasteiger partial charge on any atom is -0.376 e. The zero-order chi connectivity index (χ0) is 14.0. The number of rotatable bonds is 3. The number of anilines is 1. The number of hydrogen-bond acceptors (Lipinski definition) is 1. The molecular weight excluding hydrogens is 319 g/mol. The zero-order valence-corrected chi connectivity index (χ0v) is 11.7. The van der Waals surface area contributed by atoms with Crippen molar-refractivity contribution >= 4 is 21.6 Å². The van der Waals surface area contributed by atoms with Crippen molar-refractivity contribution in [3.05, 3.63) is 63.4 Å². The second-order valence-electron chi connectivity index (χ2n) is 4.17. The lowest BCUT2D eigenvalue weighted by molar-refractivity contribution is 0.586. The van der Waals surface area contributed by atoms with Crippen LogP contribution in [0.3, 0.4) is 0 Å². The molecule has 1 nitrogen and oxygen atoms in total. The van der Waals surface area contributed by atoms with Crippen LogP contribution in [0.1, 0.15) is 11.1 Å². The lowest BCUT2D eigenvalue weighted by Crippen LogP contribution is -2.05. The van der Waals surface area contributed by atoms with E-state index in [0.29, 0.717) is 10.0 Å². The van der Waals surface area contributed by atoms with Gasteiger partial charge < -0.3 is 5.32 Å². The summed E-state index contributed by atoms with van der Waals surface area (Å²) in [5, 5.41) is 2.66. The van der Waals surface area contributed by atoms with Crippen LogP contribution >= 0.6 is 15.9 Å². The number of aryl methyl sites for hydroxylation is 1. The fourth-order valence-corrected chi connectivity index (χ4v) is 2.13. The summed E-state index contributed by atoms with van der Waals surface area (Å²) in [7, 11) is 0. The molecule has 1 N–H and O–H groups in total. The molecule has 2 aromatic carbocycles. The average Bonchev–Trinajstić information content (AvgIpc) is 2.32. The molecule has 2 aromatic rings. The molecule has 0 atom stereocenters. The Bertz CT molecular complexity index is 591. The predicted octanol–water partition coefficient (Wildman–Crippen LogP) is 4.79. The van der Waals surface area contributed by atoms with E-state index in [-0.39, 0.29) is 18.0 Å². The predicted molar refractivity (Wildman–Crippen MR) is 72.5 cm³/mol. The topological polar surface area (TPSA) is 12.0 Å². The smallest absolute Gasteiger partial charge is 0.150 e. The van der Waals surface area contributed by atoms with E-state index in [2.05, 4.69) is 21.2 Å². The average molecular weight is 330 g/mol. The van der Waals surface area contributed by atoms with Gasteiger partial charge >= 0.3 is 0 Å². The highest BCUT2D eigenvalue weighted by Gasteiger charge is 2.10. The van der Waals surface area contributed by atoms with Crippen LogP contribution < -0.4 is 5.32 Å². The van der Waals surface area contributed by atoms with Gasteiger partial charge in [-0.25, -0.2) is 13.2 Å². The van der Waals surface area contributed by atoms with E-state index in [1.165, 1.54) is 24.3 Å². The van der Waals surface area contributed by atoms with Crippen molar-refractivity contribution in [2.24, 2.45) is 0 Å². The monoisotopic (exact) mass is 329 g/mol. The third kappa shape index (κ3) is 3.29. The Hall–Kier alpha value is -1.49. The van der Waals surface area contributed by atoms with Gasteiger partial charge in [0, 0.05) is 11.0 Å². The van der Waals surface area contributed by atoms with Crippen LogP contribution in [0.15, 0.2) is 34.8 Å². The molecule has 0 fully saturated rings. The van der Waals surface area contributed by atoms with Gasteiger partial charge in [0.15, 0.2) is 0 Å². The van der Waals surface area contributed by atoms with Gasteiger partial charge in [0.25, 0.3) is 0 Å². The van der Waals surface area contributed by atoms with Crippen LogP contribution in [0.25, 0.3) is 0 Å². The Morgan fingerprint density at radius 3 is 2.32 bits per heavy atom. The summed E-state index contributed by atoms with van der Waals surface area (Å²) in [5.41, 5.74) is 1.29. The summed E-state index contributed by atoms with van der Waals surface area (Å²) >= 11 is 3.01. The highest BCUT2D eigenvalue weighted by molar-refractivity contribution is 9.10. The fraction of sp³-hybridized carbons (Fsp3) is 0.143. The van der Waals surface area contributed by atoms with Gasteiger partial charge in [-0.2, -0.15) is 0 Å². The van der Waals surface area contributed by atoms with Gasteiger partial charge in [0.1, 0.15) is 23.1 Å². The first-order chi connectivity index (χ1) is 8.97. The Morgan fingerprint density at radius 1 is 1.05 bits per heavy atom. The van der Waals surface area contributed by atoms with E-state index in [1.807, 2.05) is 6.92 Å². The molecule has 0 aromatic heterocycles. The van der Waals surface area contributed by atoms with Crippen molar-refractivity contribution in [3.8, 4) is 0 Å². The van der Waals surface area contributed by atoms with E-state index >= 15 is 0 Å². The highest BCUT2D eigenvalue weighted by Crippen LogP contribution is 2.24. The molecule has 0 unspecified atom stereocenters. The summed E-state index contributed by atoms with van der Waals surface area (Å²) in [6.07, 6.45) is 0. The SMILES string of the molecule is Cc1ccc(F)cc1CNc1c(F)cc(Br)cc1F. The Kier molecular flexibility index (Phi) is 4.14. The molecule has 19 heavy (non-hydrogen) atoms. The van der Waals surface area contributed by atoms with E-state index in [9.17, 15) is 13.2 Å². The first kappa shape index (κ1) is 13.9. The summed E-state index contributed by atoms with van der Waals surface area (Å²) in [5.74, 6) is -1.76. The summed E-state index contributed by atoms with van der Waals surface area (Å²) in [6, 6.07) is 6.66. The van der Waals surface area contributed by atoms with Crippen molar-refractivity contribution in [1.82, 2.24) is 0 Å². The van der Waals surface area contributed by atoms with E-state index in [1.54, 1.807) is 6.07 Å². The largest absolute Gasteiger partial charge is 0.376 e. The molecule has 0 heterocycles. The number of nitrogens with one attached hydrogen (secondary N) is 1.